The Morgan fingerprint density at radius 2 is 2.11 bits per heavy atom. The van der Waals surface area contributed by atoms with Crippen LogP contribution in [0.2, 0.25) is 0 Å². The van der Waals surface area contributed by atoms with Gasteiger partial charge in [-0.25, -0.2) is 9.97 Å². The average molecular weight is 475 g/mol. The molecule has 0 fully saturated rings. The zero-order chi connectivity index (χ0) is 27.0. The van der Waals surface area contributed by atoms with Crippen LogP contribution >= 0.6 is 0 Å². The van der Waals surface area contributed by atoms with Gasteiger partial charge in [0, 0.05) is 60.2 Å². The zero-order valence-corrected chi connectivity index (χ0v) is 20.4. The van der Waals surface area contributed by atoms with E-state index in [1.807, 2.05) is 24.1 Å². The van der Waals surface area contributed by atoms with E-state index in [1.54, 1.807) is 26.4 Å². The summed E-state index contributed by atoms with van der Waals surface area (Å²) in [6.45, 7) is -0.296. The Kier molecular flexibility index (Phi) is 5.28. The van der Waals surface area contributed by atoms with Gasteiger partial charge in [-0.2, -0.15) is 0 Å². The summed E-state index contributed by atoms with van der Waals surface area (Å²) in [4.78, 5) is 12.5. The quantitative estimate of drug-likeness (QED) is 0.367. The van der Waals surface area contributed by atoms with Crippen LogP contribution < -0.4 is 20.7 Å². The number of hydrogen-bond donors (Lipinski definition) is 2. The SMILES string of the molecule is [2H]C([2H])([2H])N(C)CCN(C)c1cc(OC)c(Nc2nccc(-c3cn4c5c(cccc35)CCC4)n2)cc1N. The predicted molar refractivity (Wildman–Crippen MR) is 144 cm³/mol. The number of methoxy groups -OCH3 is 1. The number of rotatable bonds is 8. The standard InChI is InChI=1S/C27H33N7O/c1-32(2)13-14-33(3)24-16-25(35-4)23(15-21(24)28)31-27-29-11-10-22(30-27)20-17-34-12-6-8-18-7-5-9-19(20)26(18)34/h5,7,9-11,15-17H,6,8,12-14,28H2,1-4H3,(H,29,30,31)/i1D3. The van der Waals surface area contributed by atoms with Gasteiger partial charge in [0.1, 0.15) is 5.75 Å². The number of aryl methyl sites for hydroxylation is 2. The minimum absolute atomic E-state index is 0.354. The van der Waals surface area contributed by atoms with E-state index in [4.69, 9.17) is 19.6 Å². The van der Waals surface area contributed by atoms with Gasteiger partial charge in [-0.15, -0.1) is 0 Å². The van der Waals surface area contributed by atoms with Crippen molar-refractivity contribution >= 4 is 33.9 Å². The molecule has 0 atom stereocenters. The van der Waals surface area contributed by atoms with Crippen LogP contribution in [0.5, 0.6) is 5.75 Å². The average Bonchev–Trinajstić information content (AvgIpc) is 3.27. The highest BCUT2D eigenvalue weighted by atomic mass is 16.5. The molecule has 8 heteroatoms. The number of benzene rings is 2. The molecule has 182 valence electrons. The van der Waals surface area contributed by atoms with Crippen molar-refractivity contribution in [2.75, 3.05) is 57.2 Å². The molecule has 3 N–H and O–H groups in total. The van der Waals surface area contributed by atoms with E-state index in [0.29, 0.717) is 36.2 Å². The predicted octanol–water partition coefficient (Wildman–Crippen LogP) is 4.38. The lowest BCUT2D eigenvalue weighted by molar-refractivity contribution is 0.413. The Balaban J connectivity index is 1.40. The largest absolute Gasteiger partial charge is 0.494 e. The Morgan fingerprint density at radius 1 is 1.23 bits per heavy atom. The molecule has 0 aliphatic carbocycles. The third-order valence-corrected chi connectivity index (χ3v) is 6.54. The number of nitrogens with one attached hydrogen (secondary N) is 1. The summed E-state index contributed by atoms with van der Waals surface area (Å²) in [6.07, 6.45) is 6.17. The van der Waals surface area contributed by atoms with Crippen LogP contribution in [0.15, 0.2) is 48.8 Å². The van der Waals surface area contributed by atoms with Crippen LogP contribution in [0.1, 0.15) is 16.1 Å². The molecule has 35 heavy (non-hydrogen) atoms. The first-order valence-electron chi connectivity index (χ1n) is 13.3. The van der Waals surface area contributed by atoms with Crippen molar-refractivity contribution < 1.29 is 8.85 Å². The van der Waals surface area contributed by atoms with Gasteiger partial charge in [0.15, 0.2) is 0 Å². The maximum absolute atomic E-state index is 7.54. The lowest BCUT2D eigenvalue weighted by Crippen LogP contribution is -2.29. The van der Waals surface area contributed by atoms with Crippen LogP contribution in [-0.4, -0.2) is 60.7 Å². The molecule has 0 saturated heterocycles. The summed E-state index contributed by atoms with van der Waals surface area (Å²) >= 11 is 0. The highest BCUT2D eigenvalue weighted by Gasteiger charge is 2.18. The van der Waals surface area contributed by atoms with E-state index >= 15 is 0 Å². The van der Waals surface area contributed by atoms with Crippen molar-refractivity contribution in [3.8, 4) is 17.0 Å². The molecule has 5 rings (SSSR count). The highest BCUT2D eigenvalue weighted by molar-refractivity contribution is 5.97. The molecule has 3 heterocycles. The summed E-state index contributed by atoms with van der Waals surface area (Å²) in [5, 5.41) is 4.47. The van der Waals surface area contributed by atoms with E-state index in [1.165, 1.54) is 21.4 Å². The Bertz CT molecular complexity index is 1470. The van der Waals surface area contributed by atoms with Crippen molar-refractivity contribution in [3.63, 3.8) is 0 Å². The van der Waals surface area contributed by atoms with Crippen molar-refractivity contribution in [2.24, 2.45) is 0 Å². The summed E-state index contributed by atoms with van der Waals surface area (Å²) in [7, 11) is 5.04. The van der Waals surface area contributed by atoms with Crippen molar-refractivity contribution in [2.45, 2.75) is 19.4 Å². The Hall–Kier alpha value is -3.78. The van der Waals surface area contributed by atoms with Gasteiger partial charge >= 0.3 is 0 Å². The Morgan fingerprint density at radius 3 is 2.94 bits per heavy atom. The normalized spacial score (nSPS) is 14.5. The first-order chi connectivity index (χ1) is 18.2. The molecular formula is C27H33N7O. The van der Waals surface area contributed by atoms with Crippen molar-refractivity contribution in [3.05, 3.63) is 54.4 Å². The van der Waals surface area contributed by atoms with Crippen LogP contribution in [0.3, 0.4) is 0 Å². The van der Waals surface area contributed by atoms with Gasteiger partial charge in [-0.3, -0.25) is 0 Å². The topological polar surface area (TPSA) is 84.5 Å². The monoisotopic (exact) mass is 474 g/mol. The van der Waals surface area contributed by atoms with E-state index < -0.39 is 6.98 Å². The highest BCUT2D eigenvalue weighted by Crippen LogP contribution is 2.37. The second kappa shape index (κ2) is 9.46. The summed E-state index contributed by atoms with van der Waals surface area (Å²) in [5.74, 6) is 1.01. The van der Waals surface area contributed by atoms with Crippen molar-refractivity contribution in [1.29, 1.82) is 0 Å². The minimum Gasteiger partial charge on any atom is -0.494 e. The number of ether oxygens (including phenoxy) is 1. The molecule has 0 radical (unpaired) electrons. The van der Waals surface area contributed by atoms with Crippen LogP contribution in [-0.2, 0) is 13.0 Å². The second-order valence-corrected chi connectivity index (χ2v) is 9.00. The van der Waals surface area contributed by atoms with Crippen LogP contribution in [0.25, 0.3) is 22.2 Å². The lowest BCUT2D eigenvalue weighted by Gasteiger charge is -2.24. The number of para-hydroxylation sites is 1. The van der Waals surface area contributed by atoms with Crippen molar-refractivity contribution in [1.82, 2.24) is 19.4 Å². The van der Waals surface area contributed by atoms with Gasteiger partial charge < -0.3 is 30.2 Å². The minimum atomic E-state index is -2.14. The molecule has 8 nitrogen and oxygen atoms in total. The van der Waals surface area contributed by atoms with Crippen LogP contribution in [0.4, 0.5) is 23.0 Å². The molecule has 0 spiro atoms. The molecule has 2 aromatic heterocycles. The number of nitrogen functional groups attached to an aromatic ring is 1. The third-order valence-electron chi connectivity index (χ3n) is 6.54. The fraction of sp³-hybridized carbons (Fsp3) is 0.333. The molecule has 4 aromatic rings. The molecule has 0 amide bonds. The third kappa shape index (κ3) is 4.49. The fourth-order valence-electron chi connectivity index (χ4n) is 4.75. The first kappa shape index (κ1) is 19.5. The number of anilines is 4. The number of nitrogens with two attached hydrogens (primary N) is 1. The maximum atomic E-state index is 7.54. The molecule has 1 aliphatic rings. The van der Waals surface area contributed by atoms with Crippen LogP contribution in [0, 0.1) is 0 Å². The summed E-state index contributed by atoms with van der Waals surface area (Å²) < 4.78 is 30.6. The lowest BCUT2D eigenvalue weighted by atomic mass is 10.0. The molecule has 0 saturated carbocycles. The summed E-state index contributed by atoms with van der Waals surface area (Å²) in [5.41, 5.74) is 12.9. The molecule has 0 unspecified atom stereocenters. The number of aromatic nitrogens is 3. The first-order valence-corrected chi connectivity index (χ1v) is 11.8. The van der Waals surface area contributed by atoms with Gasteiger partial charge in [0.2, 0.25) is 5.95 Å². The molecule has 0 bridgehead atoms. The number of hydrogen-bond acceptors (Lipinski definition) is 7. The van der Waals surface area contributed by atoms with Gasteiger partial charge in [0.05, 0.1) is 35.4 Å². The molecular weight excluding hydrogens is 438 g/mol. The Labute approximate surface area is 210 Å². The smallest absolute Gasteiger partial charge is 0.227 e. The van der Waals surface area contributed by atoms with E-state index in [0.717, 1.165) is 36.3 Å². The second-order valence-electron chi connectivity index (χ2n) is 9.00. The zero-order valence-electron chi connectivity index (χ0n) is 23.4. The number of likely N-dealkylation sites (N-methyl/N-ethyl adjacent to an activating group) is 2. The number of nitrogens with zero attached hydrogens (tertiary/aromatic N) is 5. The van der Waals surface area contributed by atoms with E-state index in [2.05, 4.69) is 39.3 Å². The fourth-order valence-corrected chi connectivity index (χ4v) is 4.75. The van der Waals surface area contributed by atoms with E-state index in [9.17, 15) is 0 Å². The maximum Gasteiger partial charge on any atom is 0.227 e. The van der Waals surface area contributed by atoms with Gasteiger partial charge in [-0.1, -0.05) is 18.2 Å². The van der Waals surface area contributed by atoms with E-state index in [-0.39, 0.29) is 0 Å². The molecule has 2 aromatic carbocycles. The van der Waals surface area contributed by atoms with Gasteiger partial charge in [0.25, 0.3) is 0 Å². The van der Waals surface area contributed by atoms with Gasteiger partial charge in [-0.05, 0) is 44.6 Å². The summed E-state index contributed by atoms with van der Waals surface area (Å²) in [6, 6.07) is 12.0. The molecule has 1 aliphatic heterocycles.